The van der Waals surface area contributed by atoms with Gasteiger partial charge in [-0.3, -0.25) is 0 Å². The van der Waals surface area contributed by atoms with Crippen molar-refractivity contribution in [2.75, 3.05) is 6.54 Å². The van der Waals surface area contributed by atoms with Crippen molar-refractivity contribution in [3.63, 3.8) is 0 Å². The molecule has 0 aliphatic rings. The van der Waals surface area contributed by atoms with Crippen LogP contribution in [0.3, 0.4) is 0 Å². The third-order valence-corrected chi connectivity index (χ3v) is 2.86. The second kappa shape index (κ2) is 6.10. The number of rotatable bonds is 5. The predicted molar refractivity (Wildman–Crippen MR) is 67.1 cm³/mol. The third kappa shape index (κ3) is 4.43. The van der Waals surface area contributed by atoms with Crippen LogP contribution in [-0.4, -0.2) is 12.6 Å². The molecule has 0 spiro atoms. The van der Waals surface area contributed by atoms with E-state index in [4.69, 9.17) is 0 Å². The number of nitrogens with one attached hydrogen (secondary N) is 1. The average molecular weight is 241 g/mol. The summed E-state index contributed by atoms with van der Waals surface area (Å²) in [5, 5.41) is 3.32. The van der Waals surface area contributed by atoms with Crippen molar-refractivity contribution in [3.8, 4) is 0 Å². The van der Waals surface area contributed by atoms with E-state index in [-0.39, 0.29) is 5.92 Å². The van der Waals surface area contributed by atoms with Gasteiger partial charge in [-0.1, -0.05) is 27.7 Å². The monoisotopic (exact) mass is 241 g/mol. The molecule has 1 nitrogen and oxygen atoms in total. The van der Waals surface area contributed by atoms with Gasteiger partial charge in [0.05, 0.1) is 0 Å². The molecule has 1 unspecified atom stereocenters. The minimum atomic E-state index is -0.504. The van der Waals surface area contributed by atoms with Crippen LogP contribution in [0.1, 0.15) is 39.2 Å². The molecule has 1 aromatic carbocycles. The Balaban J connectivity index is 2.89. The van der Waals surface area contributed by atoms with Gasteiger partial charge in [0.25, 0.3) is 0 Å². The van der Waals surface area contributed by atoms with Crippen molar-refractivity contribution in [3.05, 3.63) is 35.4 Å². The zero-order chi connectivity index (χ0) is 13.0. The number of benzene rings is 1. The molecule has 0 heterocycles. The maximum Gasteiger partial charge on any atom is 0.126 e. The molecule has 0 radical (unpaired) electrons. The van der Waals surface area contributed by atoms with Crippen LogP contribution in [0.5, 0.6) is 0 Å². The lowest BCUT2D eigenvalue weighted by molar-refractivity contribution is 0.437. The molecule has 0 amide bonds. The molecule has 1 aromatic rings. The van der Waals surface area contributed by atoms with Gasteiger partial charge in [-0.2, -0.15) is 0 Å². The summed E-state index contributed by atoms with van der Waals surface area (Å²) in [4.78, 5) is 0. The molecule has 1 N–H and O–H groups in total. The smallest absolute Gasteiger partial charge is 0.126 e. The average Bonchev–Trinajstić information content (AvgIpc) is 2.14. The van der Waals surface area contributed by atoms with E-state index in [1.54, 1.807) is 0 Å². The van der Waals surface area contributed by atoms with Crippen LogP contribution in [0, 0.1) is 17.6 Å². The zero-order valence-corrected chi connectivity index (χ0v) is 10.9. The molecular weight excluding hydrogens is 220 g/mol. The molecule has 1 atom stereocenters. The Kier molecular flexibility index (Phi) is 5.06. The van der Waals surface area contributed by atoms with E-state index < -0.39 is 11.6 Å². The van der Waals surface area contributed by atoms with E-state index in [2.05, 4.69) is 33.0 Å². The molecule has 1 rings (SSSR count). The largest absolute Gasteiger partial charge is 0.314 e. The van der Waals surface area contributed by atoms with E-state index in [1.807, 2.05) is 0 Å². The highest BCUT2D eigenvalue weighted by molar-refractivity contribution is 5.22. The van der Waals surface area contributed by atoms with Crippen LogP contribution in [0.25, 0.3) is 0 Å². The second-order valence-corrected chi connectivity index (χ2v) is 5.12. The van der Waals surface area contributed by atoms with Gasteiger partial charge >= 0.3 is 0 Å². The number of hydrogen-bond acceptors (Lipinski definition) is 1. The molecule has 96 valence electrons. The summed E-state index contributed by atoms with van der Waals surface area (Å²) in [5.74, 6) is -0.546. The molecule has 3 heteroatoms. The lowest BCUT2D eigenvalue weighted by atomic mass is 9.88. The van der Waals surface area contributed by atoms with Crippen molar-refractivity contribution >= 4 is 0 Å². The van der Waals surface area contributed by atoms with Crippen LogP contribution < -0.4 is 5.32 Å². The predicted octanol–water partition coefficient (Wildman–Crippen LogP) is 3.70. The van der Waals surface area contributed by atoms with E-state index in [1.165, 1.54) is 12.1 Å². The summed E-state index contributed by atoms with van der Waals surface area (Å²) >= 11 is 0. The van der Waals surface area contributed by atoms with Gasteiger partial charge in [-0.05, 0) is 29.5 Å². The fourth-order valence-corrected chi connectivity index (χ4v) is 1.89. The van der Waals surface area contributed by atoms with Crippen LogP contribution in [-0.2, 0) is 0 Å². The molecule has 17 heavy (non-hydrogen) atoms. The Labute approximate surface area is 102 Å². The zero-order valence-electron chi connectivity index (χ0n) is 10.9. The van der Waals surface area contributed by atoms with Gasteiger partial charge in [0.2, 0.25) is 0 Å². The van der Waals surface area contributed by atoms with E-state index >= 15 is 0 Å². The summed E-state index contributed by atoms with van der Waals surface area (Å²) in [7, 11) is 0. The Morgan fingerprint density at radius 2 is 1.53 bits per heavy atom. The van der Waals surface area contributed by atoms with E-state index in [0.717, 1.165) is 18.2 Å². The Morgan fingerprint density at radius 3 is 1.94 bits per heavy atom. The standard InChI is InChI=1S/C14H21F2N/c1-9(2)14(8-17-10(3)4)11-5-12(15)7-13(16)6-11/h5-7,9-10,14,17H,8H2,1-4H3. The lowest BCUT2D eigenvalue weighted by Gasteiger charge is -2.23. The fraction of sp³-hybridized carbons (Fsp3) is 0.571. The summed E-state index contributed by atoms with van der Waals surface area (Å²) in [6, 6.07) is 4.14. The van der Waals surface area contributed by atoms with E-state index in [0.29, 0.717) is 12.0 Å². The number of halogens is 2. The van der Waals surface area contributed by atoms with Gasteiger partial charge in [-0.15, -0.1) is 0 Å². The van der Waals surface area contributed by atoms with Crippen LogP contribution in [0.15, 0.2) is 18.2 Å². The maximum atomic E-state index is 13.2. The first kappa shape index (κ1) is 14.1. The van der Waals surface area contributed by atoms with Gasteiger partial charge in [0.1, 0.15) is 11.6 Å². The highest BCUT2D eigenvalue weighted by Crippen LogP contribution is 2.25. The van der Waals surface area contributed by atoms with E-state index in [9.17, 15) is 8.78 Å². The molecule has 0 aliphatic heterocycles. The fourth-order valence-electron chi connectivity index (χ4n) is 1.89. The molecular formula is C14H21F2N. The normalized spacial score (nSPS) is 13.4. The molecule has 0 aromatic heterocycles. The Morgan fingerprint density at radius 1 is 1.00 bits per heavy atom. The van der Waals surface area contributed by atoms with Crippen molar-refractivity contribution in [2.24, 2.45) is 5.92 Å². The van der Waals surface area contributed by atoms with Crippen LogP contribution in [0.4, 0.5) is 8.78 Å². The minimum Gasteiger partial charge on any atom is -0.314 e. The van der Waals surface area contributed by atoms with Crippen LogP contribution in [0.2, 0.25) is 0 Å². The minimum absolute atomic E-state index is 0.127. The highest BCUT2D eigenvalue weighted by atomic mass is 19.1. The Hall–Kier alpha value is -0.960. The van der Waals surface area contributed by atoms with Crippen LogP contribution >= 0.6 is 0 Å². The molecule has 0 saturated carbocycles. The topological polar surface area (TPSA) is 12.0 Å². The molecule has 0 fully saturated rings. The van der Waals surface area contributed by atoms with Gasteiger partial charge < -0.3 is 5.32 Å². The number of hydrogen-bond donors (Lipinski definition) is 1. The Bertz CT molecular complexity index is 341. The first-order chi connectivity index (χ1) is 7.90. The quantitative estimate of drug-likeness (QED) is 0.828. The van der Waals surface area contributed by atoms with Crippen molar-refractivity contribution in [2.45, 2.75) is 39.7 Å². The van der Waals surface area contributed by atoms with Crippen molar-refractivity contribution in [1.29, 1.82) is 0 Å². The summed E-state index contributed by atoms with van der Waals surface area (Å²) < 4.78 is 26.4. The molecule has 0 saturated heterocycles. The SMILES string of the molecule is CC(C)NCC(c1cc(F)cc(F)c1)C(C)C. The lowest BCUT2D eigenvalue weighted by Crippen LogP contribution is -2.30. The molecule has 0 aliphatic carbocycles. The van der Waals surface area contributed by atoms with Crippen molar-refractivity contribution in [1.82, 2.24) is 5.32 Å². The second-order valence-electron chi connectivity index (χ2n) is 5.12. The van der Waals surface area contributed by atoms with Gasteiger partial charge in [-0.25, -0.2) is 8.78 Å². The summed E-state index contributed by atoms with van der Waals surface area (Å²) in [6.07, 6.45) is 0. The summed E-state index contributed by atoms with van der Waals surface area (Å²) in [6.45, 7) is 8.98. The highest BCUT2D eigenvalue weighted by Gasteiger charge is 2.17. The first-order valence-electron chi connectivity index (χ1n) is 6.09. The van der Waals surface area contributed by atoms with Crippen molar-refractivity contribution < 1.29 is 8.78 Å². The maximum absolute atomic E-state index is 13.2. The third-order valence-electron chi connectivity index (χ3n) is 2.86. The van der Waals surface area contributed by atoms with Gasteiger partial charge in [0.15, 0.2) is 0 Å². The van der Waals surface area contributed by atoms with Gasteiger partial charge in [0, 0.05) is 18.7 Å². The summed E-state index contributed by atoms with van der Waals surface area (Å²) in [5.41, 5.74) is 0.727. The first-order valence-corrected chi connectivity index (χ1v) is 6.09. The molecule has 0 bridgehead atoms.